The van der Waals surface area contributed by atoms with Crippen molar-refractivity contribution < 1.29 is 23.1 Å². The maximum atomic E-state index is 12.5. The Hall–Kier alpha value is -1.99. The van der Waals surface area contributed by atoms with Gasteiger partial charge in [0.1, 0.15) is 11.5 Å². The molecule has 1 heterocycles. The highest BCUT2D eigenvalue weighted by molar-refractivity contribution is 8.07. The first-order chi connectivity index (χ1) is 12.3. The highest BCUT2D eigenvalue weighted by Crippen LogP contribution is 2.37. The van der Waals surface area contributed by atoms with E-state index in [-0.39, 0.29) is 18.1 Å². The number of carbonyl (C=O) groups is 1. The van der Waals surface area contributed by atoms with Gasteiger partial charge in [-0.2, -0.15) is 11.8 Å². The molecule has 1 aliphatic heterocycles. The fourth-order valence-corrected chi connectivity index (χ4v) is 5.29. The molecular formula is C19H20O5S2. The van der Waals surface area contributed by atoms with E-state index in [9.17, 15) is 13.2 Å². The lowest BCUT2D eigenvalue weighted by molar-refractivity contribution is -0.136. The Bertz CT molecular complexity index is 869. The van der Waals surface area contributed by atoms with E-state index < -0.39 is 15.8 Å². The zero-order valence-electron chi connectivity index (χ0n) is 14.3. The Labute approximate surface area is 157 Å². The van der Waals surface area contributed by atoms with Gasteiger partial charge in [0, 0.05) is 11.0 Å². The highest BCUT2D eigenvalue weighted by atomic mass is 32.2. The molecule has 0 saturated carbocycles. The van der Waals surface area contributed by atoms with Gasteiger partial charge in [-0.3, -0.25) is 4.79 Å². The number of rotatable bonds is 8. The summed E-state index contributed by atoms with van der Waals surface area (Å²) in [5, 5.41) is 9.24. The number of thioether (sulfide) groups is 1. The van der Waals surface area contributed by atoms with E-state index in [1.54, 1.807) is 60.3 Å². The maximum Gasteiger partial charge on any atom is 0.307 e. The number of sulfone groups is 1. The summed E-state index contributed by atoms with van der Waals surface area (Å²) in [6.45, 7) is 1.98. The lowest BCUT2D eigenvalue weighted by Gasteiger charge is -2.11. The molecule has 1 fully saturated rings. The van der Waals surface area contributed by atoms with E-state index >= 15 is 0 Å². The van der Waals surface area contributed by atoms with Crippen LogP contribution in [0.3, 0.4) is 0 Å². The summed E-state index contributed by atoms with van der Waals surface area (Å²) < 4.78 is 30.6. The van der Waals surface area contributed by atoms with Crippen LogP contribution in [0, 0.1) is 5.92 Å². The molecule has 7 heteroatoms. The average molecular weight is 392 g/mol. The summed E-state index contributed by atoms with van der Waals surface area (Å²) in [4.78, 5) is 11.0. The minimum absolute atomic E-state index is 0.0371. The van der Waals surface area contributed by atoms with Gasteiger partial charge in [-0.1, -0.05) is 19.1 Å². The van der Waals surface area contributed by atoms with Crippen LogP contribution in [0.5, 0.6) is 11.5 Å². The van der Waals surface area contributed by atoms with Crippen LogP contribution in [0.1, 0.15) is 12.5 Å². The largest absolute Gasteiger partial charge is 0.481 e. The molecule has 2 atom stereocenters. The second kappa shape index (κ2) is 7.72. The molecule has 0 radical (unpaired) electrons. The molecule has 0 bridgehead atoms. The van der Waals surface area contributed by atoms with Gasteiger partial charge in [0.2, 0.25) is 0 Å². The molecule has 2 aromatic rings. The van der Waals surface area contributed by atoms with Crippen molar-refractivity contribution >= 4 is 27.6 Å². The molecule has 1 aliphatic rings. The van der Waals surface area contributed by atoms with E-state index in [1.807, 2.05) is 6.92 Å². The quantitative estimate of drug-likeness (QED) is 0.691. The van der Waals surface area contributed by atoms with Crippen LogP contribution >= 0.6 is 11.8 Å². The molecule has 2 unspecified atom stereocenters. The molecule has 3 rings (SSSR count). The smallest absolute Gasteiger partial charge is 0.307 e. The standard InChI is InChI=1S/C19H20O5S2/c1-13(18-11-25-18)12-26(22,23)17-8-6-16(7-9-17)24-15-4-2-14(3-5-15)10-19(20)21/h2-9,13,18H,10-12H2,1H3,(H,20,21). The highest BCUT2D eigenvalue weighted by Gasteiger charge is 2.32. The molecule has 1 N–H and O–H groups in total. The van der Waals surface area contributed by atoms with Crippen molar-refractivity contribution in [2.75, 3.05) is 11.5 Å². The lowest BCUT2D eigenvalue weighted by atomic mass is 10.1. The Morgan fingerprint density at radius 3 is 2.19 bits per heavy atom. The molecule has 5 nitrogen and oxygen atoms in total. The summed E-state index contributed by atoms with van der Waals surface area (Å²) in [6.07, 6.45) is -0.0371. The average Bonchev–Trinajstić information content (AvgIpc) is 3.41. The summed E-state index contributed by atoms with van der Waals surface area (Å²) in [5.41, 5.74) is 0.689. The number of carboxylic acids is 1. The molecule has 138 valence electrons. The van der Waals surface area contributed by atoms with Crippen molar-refractivity contribution in [1.82, 2.24) is 0 Å². The summed E-state index contributed by atoms with van der Waals surface area (Å²) in [5.74, 6) is 1.58. The molecule has 1 saturated heterocycles. The Morgan fingerprint density at radius 1 is 1.15 bits per heavy atom. The Morgan fingerprint density at radius 2 is 1.69 bits per heavy atom. The van der Waals surface area contributed by atoms with Gasteiger partial charge in [0.25, 0.3) is 0 Å². The summed E-state index contributed by atoms with van der Waals surface area (Å²) >= 11 is 1.80. The molecule has 26 heavy (non-hydrogen) atoms. The van der Waals surface area contributed by atoms with Crippen LogP contribution in [0.15, 0.2) is 53.4 Å². The monoisotopic (exact) mass is 392 g/mol. The topological polar surface area (TPSA) is 80.7 Å². The van der Waals surface area contributed by atoms with Crippen molar-refractivity contribution in [3.8, 4) is 11.5 Å². The van der Waals surface area contributed by atoms with E-state index in [2.05, 4.69) is 0 Å². The van der Waals surface area contributed by atoms with E-state index in [4.69, 9.17) is 9.84 Å². The van der Waals surface area contributed by atoms with Gasteiger partial charge in [0.05, 0.1) is 17.1 Å². The zero-order valence-corrected chi connectivity index (χ0v) is 15.9. The van der Waals surface area contributed by atoms with Crippen LogP contribution < -0.4 is 4.74 Å². The first-order valence-electron chi connectivity index (χ1n) is 8.26. The fourth-order valence-electron chi connectivity index (χ4n) is 2.63. The Balaban J connectivity index is 1.64. The predicted octanol–water partition coefficient (Wildman–Crippen LogP) is 3.63. The van der Waals surface area contributed by atoms with E-state index in [1.165, 1.54) is 0 Å². The number of hydrogen-bond acceptors (Lipinski definition) is 5. The molecule has 0 aliphatic carbocycles. The molecule has 0 amide bonds. The minimum Gasteiger partial charge on any atom is -0.481 e. The summed E-state index contributed by atoms with van der Waals surface area (Å²) in [7, 11) is -3.30. The van der Waals surface area contributed by atoms with Gasteiger partial charge >= 0.3 is 5.97 Å². The van der Waals surface area contributed by atoms with E-state index in [0.717, 1.165) is 5.75 Å². The normalized spacial score (nSPS) is 17.5. The van der Waals surface area contributed by atoms with Gasteiger partial charge in [-0.05, 0) is 47.9 Å². The van der Waals surface area contributed by atoms with Crippen molar-refractivity contribution in [2.24, 2.45) is 5.92 Å². The van der Waals surface area contributed by atoms with Crippen LogP contribution in [0.2, 0.25) is 0 Å². The molecule has 0 spiro atoms. The first-order valence-corrected chi connectivity index (χ1v) is 11.0. The van der Waals surface area contributed by atoms with Gasteiger partial charge in [0.15, 0.2) is 9.84 Å². The number of aliphatic carboxylic acids is 1. The van der Waals surface area contributed by atoms with Crippen LogP contribution in [0.4, 0.5) is 0 Å². The minimum atomic E-state index is -3.30. The fraction of sp³-hybridized carbons (Fsp3) is 0.316. The lowest BCUT2D eigenvalue weighted by Crippen LogP contribution is -2.17. The van der Waals surface area contributed by atoms with Crippen molar-refractivity contribution in [1.29, 1.82) is 0 Å². The number of ether oxygens (including phenoxy) is 1. The molecular weight excluding hydrogens is 372 g/mol. The van der Waals surface area contributed by atoms with Crippen LogP contribution in [0.25, 0.3) is 0 Å². The zero-order chi connectivity index (χ0) is 18.7. The third kappa shape index (κ3) is 5.02. The predicted molar refractivity (Wildman–Crippen MR) is 102 cm³/mol. The van der Waals surface area contributed by atoms with Crippen molar-refractivity contribution in [3.05, 3.63) is 54.1 Å². The number of benzene rings is 2. The van der Waals surface area contributed by atoms with E-state index in [0.29, 0.717) is 27.2 Å². The van der Waals surface area contributed by atoms with Crippen LogP contribution in [-0.4, -0.2) is 36.2 Å². The first kappa shape index (κ1) is 18.8. The van der Waals surface area contributed by atoms with Crippen molar-refractivity contribution in [3.63, 3.8) is 0 Å². The number of carboxylic acid groups (broad SMARTS) is 1. The third-order valence-electron chi connectivity index (χ3n) is 4.17. The SMILES string of the molecule is CC(CS(=O)(=O)c1ccc(Oc2ccc(CC(=O)O)cc2)cc1)C1CS1. The summed E-state index contributed by atoms with van der Waals surface area (Å²) in [6, 6.07) is 13.2. The molecule has 0 aromatic heterocycles. The second-order valence-corrected chi connectivity index (χ2v) is 9.72. The van der Waals surface area contributed by atoms with Crippen molar-refractivity contribution in [2.45, 2.75) is 23.5 Å². The maximum absolute atomic E-state index is 12.5. The van der Waals surface area contributed by atoms with Gasteiger partial charge < -0.3 is 9.84 Å². The molecule has 2 aromatic carbocycles. The van der Waals surface area contributed by atoms with Crippen LogP contribution in [-0.2, 0) is 21.1 Å². The second-order valence-electron chi connectivity index (χ2n) is 6.42. The van der Waals surface area contributed by atoms with Gasteiger partial charge in [-0.15, -0.1) is 0 Å². The third-order valence-corrected chi connectivity index (χ3v) is 7.31. The van der Waals surface area contributed by atoms with Gasteiger partial charge in [-0.25, -0.2) is 8.42 Å². The number of hydrogen-bond donors (Lipinski definition) is 1. The Kier molecular flexibility index (Phi) is 5.58.